The third-order valence-corrected chi connectivity index (χ3v) is 7.05. The second kappa shape index (κ2) is 10.9. The van der Waals surface area contributed by atoms with Crippen LogP contribution in [-0.2, 0) is 22.5 Å². The predicted octanol–water partition coefficient (Wildman–Crippen LogP) is 5.91. The molecule has 0 bridgehead atoms. The van der Waals surface area contributed by atoms with Crippen LogP contribution in [0.3, 0.4) is 0 Å². The molecule has 1 heterocycles. The number of carbonyl (C=O) groups is 1. The molecule has 184 valence electrons. The highest BCUT2D eigenvalue weighted by molar-refractivity contribution is 9.10. The number of hydrogen-bond donors (Lipinski definition) is 2. The molecule has 1 aliphatic rings. The molecular weight excluding hydrogens is 567 g/mol. The van der Waals surface area contributed by atoms with E-state index < -0.39 is 35.7 Å². The maximum atomic E-state index is 13.3. The molecule has 35 heavy (non-hydrogen) atoms. The molecule has 1 aliphatic carbocycles. The van der Waals surface area contributed by atoms with Gasteiger partial charge in [0.05, 0.1) is 27.4 Å². The number of rotatable bonds is 8. The van der Waals surface area contributed by atoms with Crippen molar-refractivity contribution in [3.05, 3.63) is 75.1 Å². The van der Waals surface area contributed by atoms with E-state index in [4.69, 9.17) is 26.2 Å². The van der Waals surface area contributed by atoms with Gasteiger partial charge in [0, 0.05) is 0 Å². The summed E-state index contributed by atoms with van der Waals surface area (Å²) in [5.74, 6) is -0.813. The van der Waals surface area contributed by atoms with Gasteiger partial charge in [0.25, 0.3) is 11.3 Å². The summed E-state index contributed by atoms with van der Waals surface area (Å²) in [5.41, 5.74) is 1.93. The summed E-state index contributed by atoms with van der Waals surface area (Å²) >= 11 is 7.00. The number of fused-ring (bicyclic) bond motifs is 1. The molecular formula is C23H19BrClFN2O6S. The molecule has 2 atom stereocenters. The SMILES string of the molecule is O=C(O)COc1cccc2c1CCCC2N(c1cnc(Oc2ccc(F)cc2Cl)c(Br)c1)S(=O)O. The van der Waals surface area contributed by atoms with Crippen molar-refractivity contribution in [2.75, 3.05) is 10.9 Å². The molecule has 2 unspecified atom stereocenters. The number of anilines is 1. The largest absolute Gasteiger partial charge is 0.482 e. The van der Waals surface area contributed by atoms with E-state index in [1.165, 1.54) is 22.6 Å². The summed E-state index contributed by atoms with van der Waals surface area (Å²) in [4.78, 5) is 15.2. The Bertz CT molecular complexity index is 1300. The van der Waals surface area contributed by atoms with Gasteiger partial charge < -0.3 is 14.6 Å². The van der Waals surface area contributed by atoms with Crippen molar-refractivity contribution in [2.24, 2.45) is 0 Å². The highest BCUT2D eigenvalue weighted by Gasteiger charge is 2.32. The van der Waals surface area contributed by atoms with Crippen LogP contribution in [-0.4, -0.2) is 31.4 Å². The van der Waals surface area contributed by atoms with E-state index in [0.717, 1.165) is 17.2 Å². The molecule has 0 amide bonds. The van der Waals surface area contributed by atoms with Crippen LogP contribution in [0, 0.1) is 5.82 Å². The van der Waals surface area contributed by atoms with Gasteiger partial charge in [-0.3, -0.25) is 8.86 Å². The fraction of sp³-hybridized carbons (Fsp3) is 0.217. The highest BCUT2D eigenvalue weighted by atomic mass is 79.9. The number of benzene rings is 2. The highest BCUT2D eigenvalue weighted by Crippen LogP contribution is 2.42. The monoisotopic (exact) mass is 584 g/mol. The van der Waals surface area contributed by atoms with Crippen molar-refractivity contribution in [1.29, 1.82) is 0 Å². The molecule has 12 heteroatoms. The van der Waals surface area contributed by atoms with Gasteiger partial charge >= 0.3 is 5.97 Å². The Labute approximate surface area is 216 Å². The molecule has 0 aliphatic heterocycles. The Balaban J connectivity index is 1.65. The molecule has 3 aromatic rings. The molecule has 0 spiro atoms. The zero-order chi connectivity index (χ0) is 25.1. The summed E-state index contributed by atoms with van der Waals surface area (Å²) < 4.78 is 48.8. The van der Waals surface area contributed by atoms with Crippen LogP contribution in [0.4, 0.5) is 10.1 Å². The van der Waals surface area contributed by atoms with E-state index in [0.29, 0.717) is 35.2 Å². The minimum atomic E-state index is -2.40. The van der Waals surface area contributed by atoms with E-state index in [-0.39, 0.29) is 16.7 Å². The molecule has 0 fully saturated rings. The van der Waals surface area contributed by atoms with Gasteiger partial charge in [-0.15, -0.1) is 0 Å². The maximum absolute atomic E-state index is 13.3. The number of halogens is 3. The quantitative estimate of drug-likeness (QED) is 0.316. The molecule has 0 radical (unpaired) electrons. The van der Waals surface area contributed by atoms with Crippen LogP contribution in [0.25, 0.3) is 0 Å². The van der Waals surface area contributed by atoms with Crippen molar-refractivity contribution in [3.63, 3.8) is 0 Å². The minimum absolute atomic E-state index is 0.0700. The summed E-state index contributed by atoms with van der Waals surface area (Å²) in [6.45, 7) is -0.479. The lowest BCUT2D eigenvalue weighted by molar-refractivity contribution is -0.139. The lowest BCUT2D eigenvalue weighted by Crippen LogP contribution is -2.33. The van der Waals surface area contributed by atoms with E-state index in [2.05, 4.69) is 20.9 Å². The van der Waals surface area contributed by atoms with Crippen molar-refractivity contribution in [1.82, 2.24) is 4.98 Å². The lowest BCUT2D eigenvalue weighted by atomic mass is 9.87. The van der Waals surface area contributed by atoms with E-state index >= 15 is 0 Å². The van der Waals surface area contributed by atoms with E-state index in [1.807, 2.05) is 6.07 Å². The number of carboxylic acids is 1. The molecule has 8 nitrogen and oxygen atoms in total. The zero-order valence-electron chi connectivity index (χ0n) is 18.0. The number of carboxylic acid groups (broad SMARTS) is 1. The fourth-order valence-electron chi connectivity index (χ4n) is 3.96. The normalized spacial score (nSPS) is 15.7. The molecule has 1 aromatic heterocycles. The Morgan fingerprint density at radius 3 is 2.77 bits per heavy atom. The van der Waals surface area contributed by atoms with Crippen molar-refractivity contribution < 1.29 is 32.5 Å². The first-order valence-corrected chi connectivity index (χ1v) is 12.6. The van der Waals surface area contributed by atoms with Crippen LogP contribution in [0.5, 0.6) is 17.4 Å². The topological polar surface area (TPSA) is 109 Å². The first-order valence-electron chi connectivity index (χ1n) is 10.4. The standard InChI is InChI=1S/C23H19BrClFN2O6S/c24-17-10-14(11-27-23(17)34-21-8-7-13(26)9-18(21)25)28(35(31)32)19-5-1-4-16-15(19)3-2-6-20(16)33-12-22(29)30/h2-3,6-11,19H,1,4-5,12H2,(H,29,30)(H,31,32). The predicted molar refractivity (Wildman–Crippen MR) is 132 cm³/mol. The number of hydrogen-bond acceptors (Lipinski definition) is 5. The molecule has 4 rings (SSSR count). The van der Waals surface area contributed by atoms with Crippen LogP contribution >= 0.6 is 27.5 Å². The Morgan fingerprint density at radius 2 is 2.09 bits per heavy atom. The van der Waals surface area contributed by atoms with Crippen LogP contribution < -0.4 is 13.8 Å². The lowest BCUT2D eigenvalue weighted by Gasteiger charge is -2.35. The maximum Gasteiger partial charge on any atom is 0.341 e. The van der Waals surface area contributed by atoms with Gasteiger partial charge in [-0.2, -0.15) is 0 Å². The summed E-state index contributed by atoms with van der Waals surface area (Å²) in [6, 6.07) is 10.1. The number of ether oxygens (including phenoxy) is 2. The van der Waals surface area contributed by atoms with E-state index in [9.17, 15) is 17.9 Å². The number of aliphatic carboxylic acids is 1. The van der Waals surface area contributed by atoms with Gasteiger partial charge in [0.1, 0.15) is 17.3 Å². The first-order chi connectivity index (χ1) is 16.7. The molecule has 0 saturated carbocycles. The minimum Gasteiger partial charge on any atom is -0.482 e. The Hall–Kier alpha value is -2.73. The zero-order valence-corrected chi connectivity index (χ0v) is 21.1. The van der Waals surface area contributed by atoms with Gasteiger partial charge in [-0.25, -0.2) is 18.4 Å². The van der Waals surface area contributed by atoms with Crippen LogP contribution in [0.15, 0.2) is 53.1 Å². The average molecular weight is 586 g/mol. The molecule has 0 saturated heterocycles. The number of pyridine rings is 1. The van der Waals surface area contributed by atoms with Gasteiger partial charge in [0.2, 0.25) is 5.88 Å². The summed E-state index contributed by atoms with van der Waals surface area (Å²) in [5, 5.41) is 9.03. The summed E-state index contributed by atoms with van der Waals surface area (Å²) in [6.07, 6.45) is 3.34. The van der Waals surface area contributed by atoms with Gasteiger partial charge in [-0.05, 0) is 76.7 Å². The number of aromatic nitrogens is 1. The fourth-order valence-corrected chi connectivity index (χ4v) is 5.30. The Morgan fingerprint density at radius 1 is 1.29 bits per heavy atom. The second-order valence-electron chi connectivity index (χ2n) is 7.63. The third-order valence-electron chi connectivity index (χ3n) is 5.38. The summed E-state index contributed by atoms with van der Waals surface area (Å²) in [7, 11) is 0. The first kappa shape index (κ1) is 25.4. The van der Waals surface area contributed by atoms with Crippen LogP contribution in [0.1, 0.15) is 30.0 Å². The van der Waals surface area contributed by atoms with Crippen LogP contribution in [0.2, 0.25) is 5.02 Å². The van der Waals surface area contributed by atoms with Gasteiger partial charge in [-0.1, -0.05) is 23.7 Å². The van der Waals surface area contributed by atoms with Crippen molar-refractivity contribution in [2.45, 2.75) is 25.3 Å². The number of nitrogens with zero attached hydrogens (tertiary/aromatic N) is 2. The molecule has 2 N–H and O–H groups in total. The van der Waals surface area contributed by atoms with E-state index in [1.54, 1.807) is 18.2 Å². The van der Waals surface area contributed by atoms with Gasteiger partial charge in [0.15, 0.2) is 6.61 Å². The Kier molecular flexibility index (Phi) is 7.90. The smallest absolute Gasteiger partial charge is 0.341 e. The van der Waals surface area contributed by atoms with Crippen molar-refractivity contribution >= 4 is 50.5 Å². The second-order valence-corrected chi connectivity index (χ2v) is 9.74. The van der Waals surface area contributed by atoms with Crippen molar-refractivity contribution in [3.8, 4) is 17.4 Å². The average Bonchev–Trinajstić information content (AvgIpc) is 2.81. The third kappa shape index (κ3) is 5.75. The molecule has 2 aromatic carbocycles.